The van der Waals surface area contributed by atoms with Crippen molar-refractivity contribution in [3.05, 3.63) is 46.2 Å². The number of aliphatic hydroxyl groups excluding tert-OH is 1. The van der Waals surface area contributed by atoms with E-state index in [-0.39, 0.29) is 0 Å². The molecule has 1 unspecified atom stereocenters. The van der Waals surface area contributed by atoms with E-state index in [1.807, 2.05) is 30.5 Å². The van der Waals surface area contributed by atoms with E-state index in [1.54, 1.807) is 17.4 Å². The van der Waals surface area contributed by atoms with Gasteiger partial charge in [0.1, 0.15) is 12.8 Å². The maximum atomic E-state index is 12.5. The topological polar surface area (TPSA) is 20.2 Å². The van der Waals surface area contributed by atoms with Gasteiger partial charge in [0.05, 0.1) is 0 Å². The van der Waals surface area contributed by atoms with E-state index in [0.717, 1.165) is 11.1 Å². The first-order valence-corrected chi connectivity index (χ1v) is 5.99. The van der Waals surface area contributed by atoms with Crippen molar-refractivity contribution in [2.45, 2.75) is 13.0 Å². The number of alkyl halides is 1. The van der Waals surface area contributed by atoms with E-state index in [2.05, 4.69) is 6.07 Å². The van der Waals surface area contributed by atoms with Gasteiger partial charge in [-0.1, -0.05) is 24.3 Å². The lowest BCUT2D eigenvalue weighted by Crippen LogP contribution is -2.01. The van der Waals surface area contributed by atoms with Gasteiger partial charge < -0.3 is 5.11 Å². The molecule has 1 aromatic carbocycles. The molecule has 84 valence electrons. The van der Waals surface area contributed by atoms with Gasteiger partial charge in [0.2, 0.25) is 0 Å². The molecule has 0 bridgehead atoms. The molecule has 3 heteroatoms. The normalized spacial score (nSPS) is 12.7. The molecule has 1 heterocycles. The third-order valence-corrected chi connectivity index (χ3v) is 3.37. The van der Waals surface area contributed by atoms with Gasteiger partial charge in [0, 0.05) is 4.88 Å². The zero-order valence-electron chi connectivity index (χ0n) is 8.98. The molecule has 0 radical (unpaired) electrons. The first-order valence-electron chi connectivity index (χ1n) is 5.11. The Balaban J connectivity index is 2.48. The summed E-state index contributed by atoms with van der Waals surface area (Å²) in [4.78, 5) is 1.21. The Kier molecular flexibility index (Phi) is 3.36. The van der Waals surface area contributed by atoms with Gasteiger partial charge >= 0.3 is 0 Å². The van der Waals surface area contributed by atoms with Crippen LogP contribution in [0.15, 0.2) is 35.7 Å². The van der Waals surface area contributed by atoms with Gasteiger partial charge in [-0.15, -0.1) is 11.3 Å². The predicted molar refractivity (Wildman–Crippen MR) is 65.4 cm³/mol. The fourth-order valence-corrected chi connectivity index (χ4v) is 2.42. The van der Waals surface area contributed by atoms with Crippen molar-refractivity contribution >= 4 is 11.3 Å². The smallest absolute Gasteiger partial charge is 0.119 e. The van der Waals surface area contributed by atoms with Crippen LogP contribution in [0.2, 0.25) is 0 Å². The van der Waals surface area contributed by atoms with Crippen molar-refractivity contribution in [3.8, 4) is 11.1 Å². The molecule has 0 spiro atoms. The molecular formula is C13H13FOS. The van der Waals surface area contributed by atoms with Crippen molar-refractivity contribution in [2.24, 2.45) is 0 Å². The van der Waals surface area contributed by atoms with Gasteiger partial charge in [0.25, 0.3) is 0 Å². The Hall–Kier alpha value is -1.19. The van der Waals surface area contributed by atoms with Crippen molar-refractivity contribution in [2.75, 3.05) is 6.67 Å². The second kappa shape index (κ2) is 4.76. The number of rotatable bonds is 3. The lowest BCUT2D eigenvalue weighted by molar-refractivity contribution is 0.142. The lowest BCUT2D eigenvalue weighted by Gasteiger charge is -2.11. The van der Waals surface area contributed by atoms with E-state index < -0.39 is 12.8 Å². The van der Waals surface area contributed by atoms with Gasteiger partial charge in [-0.2, -0.15) is 0 Å². The Labute approximate surface area is 98.2 Å². The third-order valence-electron chi connectivity index (χ3n) is 2.51. The summed E-state index contributed by atoms with van der Waals surface area (Å²) >= 11 is 1.65. The van der Waals surface area contributed by atoms with Gasteiger partial charge in [-0.05, 0) is 35.1 Å². The van der Waals surface area contributed by atoms with Crippen molar-refractivity contribution < 1.29 is 9.50 Å². The molecule has 1 N–H and O–H groups in total. The molecule has 0 saturated carbocycles. The second-order valence-corrected chi connectivity index (χ2v) is 4.82. The number of hydrogen-bond acceptors (Lipinski definition) is 2. The van der Waals surface area contributed by atoms with Crippen molar-refractivity contribution in [3.63, 3.8) is 0 Å². The Bertz CT molecular complexity index is 478. The highest BCUT2D eigenvalue weighted by Gasteiger charge is 2.13. The quantitative estimate of drug-likeness (QED) is 0.861. The summed E-state index contributed by atoms with van der Waals surface area (Å²) < 4.78 is 12.5. The molecule has 0 aliphatic carbocycles. The number of hydrogen-bond donors (Lipinski definition) is 1. The Morgan fingerprint density at radius 3 is 2.75 bits per heavy atom. The van der Waals surface area contributed by atoms with E-state index >= 15 is 0 Å². The molecule has 2 rings (SSSR count). The number of aryl methyl sites for hydroxylation is 1. The number of halogens is 1. The molecule has 1 atom stereocenters. The van der Waals surface area contributed by atoms with Crippen molar-refractivity contribution in [1.82, 2.24) is 0 Å². The molecular weight excluding hydrogens is 223 g/mol. The van der Waals surface area contributed by atoms with E-state index in [0.29, 0.717) is 5.56 Å². The summed E-state index contributed by atoms with van der Waals surface area (Å²) in [6, 6.07) is 9.45. The molecule has 1 nitrogen and oxygen atoms in total. The summed E-state index contributed by atoms with van der Waals surface area (Å²) in [7, 11) is 0. The van der Waals surface area contributed by atoms with Crippen LogP contribution in [-0.4, -0.2) is 11.8 Å². The van der Waals surface area contributed by atoms with E-state index in [1.165, 1.54) is 4.88 Å². The summed E-state index contributed by atoms with van der Waals surface area (Å²) in [5.41, 5.74) is 2.62. The highest BCUT2D eigenvalue weighted by Crippen LogP contribution is 2.31. The first kappa shape index (κ1) is 11.3. The Morgan fingerprint density at radius 1 is 1.38 bits per heavy atom. The van der Waals surface area contributed by atoms with Crippen LogP contribution in [0.5, 0.6) is 0 Å². The van der Waals surface area contributed by atoms with Gasteiger partial charge in [-0.3, -0.25) is 0 Å². The monoisotopic (exact) mass is 236 g/mol. The van der Waals surface area contributed by atoms with E-state index in [9.17, 15) is 9.50 Å². The number of benzene rings is 1. The highest BCUT2D eigenvalue weighted by atomic mass is 32.1. The Morgan fingerprint density at radius 2 is 2.12 bits per heavy atom. The number of thiophene rings is 1. The maximum Gasteiger partial charge on any atom is 0.119 e. The minimum absolute atomic E-state index is 0.655. The minimum atomic E-state index is -1.03. The zero-order chi connectivity index (χ0) is 11.5. The fraction of sp³-hybridized carbons (Fsp3) is 0.231. The largest absolute Gasteiger partial charge is 0.386 e. The van der Waals surface area contributed by atoms with Crippen LogP contribution in [0.4, 0.5) is 4.39 Å². The summed E-state index contributed by atoms with van der Waals surface area (Å²) in [5, 5.41) is 11.6. The standard InChI is InChI=1S/C13H13FOS/c1-9-6-10(8-16-9)11-4-2-3-5-12(11)13(15)7-14/h2-6,8,13,15H,7H2,1H3. The van der Waals surface area contributed by atoms with Crippen LogP contribution in [0.3, 0.4) is 0 Å². The highest BCUT2D eigenvalue weighted by molar-refractivity contribution is 7.10. The average Bonchev–Trinajstić information content (AvgIpc) is 2.75. The molecule has 1 aromatic heterocycles. The molecule has 16 heavy (non-hydrogen) atoms. The summed E-state index contributed by atoms with van der Waals surface area (Å²) in [6.07, 6.45) is -1.03. The average molecular weight is 236 g/mol. The predicted octanol–water partition coefficient (Wildman–Crippen LogP) is 3.73. The molecule has 0 aliphatic heterocycles. The van der Waals surface area contributed by atoms with Crippen LogP contribution >= 0.6 is 11.3 Å². The molecule has 2 aromatic rings. The molecule has 0 amide bonds. The molecule has 0 fully saturated rings. The fourth-order valence-electron chi connectivity index (χ4n) is 1.72. The second-order valence-electron chi connectivity index (χ2n) is 3.70. The van der Waals surface area contributed by atoms with Crippen LogP contribution in [0.25, 0.3) is 11.1 Å². The van der Waals surface area contributed by atoms with Gasteiger partial charge in [0.15, 0.2) is 0 Å². The van der Waals surface area contributed by atoms with Gasteiger partial charge in [-0.25, -0.2) is 4.39 Å². The molecule has 0 saturated heterocycles. The maximum absolute atomic E-state index is 12.5. The summed E-state index contributed by atoms with van der Waals surface area (Å²) in [5.74, 6) is 0. The minimum Gasteiger partial charge on any atom is -0.386 e. The summed E-state index contributed by atoms with van der Waals surface area (Å²) in [6.45, 7) is 1.28. The molecule has 0 aliphatic rings. The van der Waals surface area contributed by atoms with Crippen LogP contribution < -0.4 is 0 Å². The van der Waals surface area contributed by atoms with Crippen LogP contribution in [0.1, 0.15) is 16.5 Å². The third kappa shape index (κ3) is 2.15. The van der Waals surface area contributed by atoms with Crippen LogP contribution in [0, 0.1) is 6.92 Å². The SMILES string of the molecule is Cc1cc(-c2ccccc2C(O)CF)cs1. The van der Waals surface area contributed by atoms with Crippen molar-refractivity contribution in [1.29, 1.82) is 0 Å². The number of aliphatic hydroxyl groups is 1. The van der Waals surface area contributed by atoms with Crippen LogP contribution in [-0.2, 0) is 0 Å². The first-order chi connectivity index (χ1) is 7.72. The zero-order valence-corrected chi connectivity index (χ0v) is 9.80. The van der Waals surface area contributed by atoms with E-state index in [4.69, 9.17) is 0 Å². The lowest BCUT2D eigenvalue weighted by atomic mass is 9.98.